The van der Waals surface area contributed by atoms with Crippen molar-refractivity contribution in [3.8, 4) is 0 Å². The van der Waals surface area contributed by atoms with Crippen LogP contribution in [0, 0.1) is 17.8 Å². The molecule has 3 atom stereocenters. The summed E-state index contributed by atoms with van der Waals surface area (Å²) in [7, 11) is 0. The molecule has 1 saturated carbocycles. The molecule has 0 aromatic heterocycles. The van der Waals surface area contributed by atoms with Gasteiger partial charge in [0.1, 0.15) is 0 Å². The molecule has 1 rings (SSSR count). The topological polar surface area (TPSA) is 9.23 Å². The SMILES string of the molecule is CC(CCl)COC1CC(C)CC(C)C1. The molecule has 14 heavy (non-hydrogen) atoms. The maximum atomic E-state index is 5.89. The Labute approximate surface area is 93.2 Å². The van der Waals surface area contributed by atoms with Gasteiger partial charge in [-0.2, -0.15) is 0 Å². The zero-order valence-electron chi connectivity index (χ0n) is 9.63. The van der Waals surface area contributed by atoms with E-state index in [-0.39, 0.29) is 0 Å². The van der Waals surface area contributed by atoms with E-state index in [0.717, 1.165) is 18.4 Å². The Balaban J connectivity index is 2.23. The predicted molar refractivity (Wildman–Crippen MR) is 61.8 cm³/mol. The molecular formula is C12H23ClO. The molecular weight excluding hydrogens is 196 g/mol. The third-order valence-electron chi connectivity index (χ3n) is 3.02. The number of halogens is 1. The molecule has 0 spiro atoms. The fourth-order valence-corrected chi connectivity index (χ4v) is 2.44. The van der Waals surface area contributed by atoms with Gasteiger partial charge in [0, 0.05) is 5.88 Å². The lowest BCUT2D eigenvalue weighted by molar-refractivity contribution is -0.0105. The van der Waals surface area contributed by atoms with Crippen LogP contribution in [-0.2, 0) is 4.74 Å². The van der Waals surface area contributed by atoms with E-state index in [9.17, 15) is 0 Å². The van der Waals surface area contributed by atoms with E-state index in [4.69, 9.17) is 16.3 Å². The maximum Gasteiger partial charge on any atom is 0.0580 e. The number of alkyl halides is 1. The molecule has 1 nitrogen and oxygen atoms in total. The second kappa shape index (κ2) is 5.97. The van der Waals surface area contributed by atoms with Crippen molar-refractivity contribution >= 4 is 11.6 Å². The number of hydrogen-bond acceptors (Lipinski definition) is 1. The average molecular weight is 219 g/mol. The lowest BCUT2D eigenvalue weighted by atomic mass is 9.82. The van der Waals surface area contributed by atoms with Crippen LogP contribution in [0.2, 0.25) is 0 Å². The summed E-state index contributed by atoms with van der Waals surface area (Å²) in [4.78, 5) is 0. The summed E-state index contributed by atoms with van der Waals surface area (Å²) in [6.07, 6.45) is 4.32. The largest absolute Gasteiger partial charge is 0.378 e. The van der Waals surface area contributed by atoms with Crippen molar-refractivity contribution in [3.63, 3.8) is 0 Å². The zero-order chi connectivity index (χ0) is 10.6. The average Bonchev–Trinajstić information content (AvgIpc) is 2.12. The lowest BCUT2D eigenvalue weighted by Gasteiger charge is -2.31. The van der Waals surface area contributed by atoms with Crippen molar-refractivity contribution in [2.24, 2.45) is 17.8 Å². The molecule has 0 amide bonds. The Hall–Kier alpha value is 0.250. The summed E-state index contributed by atoms with van der Waals surface area (Å²) >= 11 is 5.75. The monoisotopic (exact) mass is 218 g/mol. The summed E-state index contributed by atoms with van der Waals surface area (Å²) in [5.41, 5.74) is 0. The fourth-order valence-electron chi connectivity index (χ4n) is 2.35. The van der Waals surface area contributed by atoms with E-state index in [0.29, 0.717) is 17.9 Å². The molecule has 0 heterocycles. The summed E-state index contributed by atoms with van der Waals surface area (Å²) in [5.74, 6) is 2.85. The van der Waals surface area contributed by atoms with Gasteiger partial charge < -0.3 is 4.74 Å². The van der Waals surface area contributed by atoms with Gasteiger partial charge in [0.05, 0.1) is 12.7 Å². The molecule has 1 fully saturated rings. The van der Waals surface area contributed by atoms with Crippen LogP contribution in [-0.4, -0.2) is 18.6 Å². The van der Waals surface area contributed by atoms with Crippen molar-refractivity contribution < 1.29 is 4.74 Å². The van der Waals surface area contributed by atoms with Gasteiger partial charge in [0.2, 0.25) is 0 Å². The van der Waals surface area contributed by atoms with Crippen molar-refractivity contribution in [1.82, 2.24) is 0 Å². The molecule has 0 aromatic carbocycles. The Morgan fingerprint density at radius 3 is 2.29 bits per heavy atom. The molecule has 0 aromatic rings. The van der Waals surface area contributed by atoms with Crippen LogP contribution < -0.4 is 0 Å². The summed E-state index contributed by atoms with van der Waals surface area (Å²) in [6.45, 7) is 7.63. The third-order valence-corrected chi connectivity index (χ3v) is 3.54. The summed E-state index contributed by atoms with van der Waals surface area (Å²) in [5, 5.41) is 0. The minimum absolute atomic E-state index is 0.486. The van der Waals surface area contributed by atoms with Gasteiger partial charge in [-0.05, 0) is 37.0 Å². The van der Waals surface area contributed by atoms with Gasteiger partial charge in [0.15, 0.2) is 0 Å². The van der Waals surface area contributed by atoms with E-state index in [1.165, 1.54) is 19.3 Å². The van der Waals surface area contributed by atoms with Gasteiger partial charge in [-0.25, -0.2) is 0 Å². The van der Waals surface area contributed by atoms with Gasteiger partial charge >= 0.3 is 0 Å². The molecule has 1 aliphatic rings. The van der Waals surface area contributed by atoms with Crippen molar-refractivity contribution in [2.45, 2.75) is 46.1 Å². The van der Waals surface area contributed by atoms with Crippen LogP contribution in [0.5, 0.6) is 0 Å². The molecule has 0 radical (unpaired) electrons. The number of rotatable bonds is 4. The van der Waals surface area contributed by atoms with Crippen LogP contribution in [0.1, 0.15) is 40.0 Å². The first-order chi connectivity index (χ1) is 6.61. The Bertz CT molecular complexity index is 150. The minimum atomic E-state index is 0.486. The Kier molecular flexibility index (Phi) is 5.25. The van der Waals surface area contributed by atoms with Gasteiger partial charge in [0.25, 0.3) is 0 Å². The van der Waals surface area contributed by atoms with Crippen molar-refractivity contribution in [1.29, 1.82) is 0 Å². The normalized spacial score (nSPS) is 35.6. The van der Waals surface area contributed by atoms with E-state index >= 15 is 0 Å². The van der Waals surface area contributed by atoms with E-state index in [1.54, 1.807) is 0 Å². The standard InChI is InChI=1S/C12H23ClO/c1-9-4-10(2)6-12(5-9)14-8-11(3)7-13/h9-12H,4-8H2,1-3H3. The minimum Gasteiger partial charge on any atom is -0.378 e. The van der Waals surface area contributed by atoms with Gasteiger partial charge in [-0.3, -0.25) is 0 Å². The molecule has 0 bridgehead atoms. The third kappa shape index (κ3) is 4.18. The van der Waals surface area contributed by atoms with Crippen LogP contribution in [0.4, 0.5) is 0 Å². The number of hydrogen-bond donors (Lipinski definition) is 0. The second-order valence-electron chi connectivity index (χ2n) is 5.13. The summed E-state index contributed by atoms with van der Waals surface area (Å²) < 4.78 is 5.89. The molecule has 1 aliphatic carbocycles. The highest BCUT2D eigenvalue weighted by molar-refractivity contribution is 6.18. The van der Waals surface area contributed by atoms with Crippen LogP contribution in [0.25, 0.3) is 0 Å². The van der Waals surface area contributed by atoms with E-state index in [2.05, 4.69) is 20.8 Å². The maximum absolute atomic E-state index is 5.89. The van der Waals surface area contributed by atoms with Crippen molar-refractivity contribution in [2.75, 3.05) is 12.5 Å². The quantitative estimate of drug-likeness (QED) is 0.654. The van der Waals surface area contributed by atoms with Crippen molar-refractivity contribution in [3.05, 3.63) is 0 Å². The van der Waals surface area contributed by atoms with E-state index in [1.807, 2.05) is 0 Å². The fraction of sp³-hybridized carbons (Fsp3) is 1.00. The first kappa shape index (κ1) is 12.3. The zero-order valence-corrected chi connectivity index (χ0v) is 10.4. The molecule has 0 saturated heterocycles. The van der Waals surface area contributed by atoms with Crippen LogP contribution in [0.15, 0.2) is 0 Å². The van der Waals surface area contributed by atoms with Gasteiger partial charge in [-0.1, -0.05) is 20.8 Å². The summed E-state index contributed by atoms with van der Waals surface area (Å²) in [6, 6.07) is 0. The number of ether oxygens (including phenoxy) is 1. The van der Waals surface area contributed by atoms with E-state index < -0.39 is 0 Å². The Morgan fingerprint density at radius 1 is 1.21 bits per heavy atom. The molecule has 2 heteroatoms. The first-order valence-electron chi connectivity index (χ1n) is 5.79. The predicted octanol–water partition coefficient (Wildman–Crippen LogP) is 3.70. The lowest BCUT2D eigenvalue weighted by Crippen LogP contribution is -2.27. The highest BCUT2D eigenvalue weighted by atomic mass is 35.5. The Morgan fingerprint density at radius 2 is 1.79 bits per heavy atom. The van der Waals surface area contributed by atoms with Gasteiger partial charge in [-0.15, -0.1) is 11.6 Å². The molecule has 0 N–H and O–H groups in total. The van der Waals surface area contributed by atoms with Crippen LogP contribution >= 0.6 is 11.6 Å². The second-order valence-corrected chi connectivity index (χ2v) is 5.44. The smallest absolute Gasteiger partial charge is 0.0580 e. The molecule has 3 unspecified atom stereocenters. The highest BCUT2D eigenvalue weighted by Gasteiger charge is 2.24. The molecule has 84 valence electrons. The highest BCUT2D eigenvalue weighted by Crippen LogP contribution is 2.30. The van der Waals surface area contributed by atoms with Crippen LogP contribution in [0.3, 0.4) is 0 Å². The first-order valence-corrected chi connectivity index (χ1v) is 6.32. The molecule has 0 aliphatic heterocycles.